The number of thioether (sulfide) groups is 1. The van der Waals surface area contributed by atoms with Crippen molar-refractivity contribution < 1.29 is 13.2 Å². The number of piperidine rings is 1. The van der Waals surface area contributed by atoms with Crippen LogP contribution in [-0.2, 0) is 15.8 Å². The Balaban J connectivity index is 1.56. The Hall–Kier alpha value is -1.25. The van der Waals surface area contributed by atoms with Crippen molar-refractivity contribution in [1.29, 1.82) is 0 Å². The van der Waals surface area contributed by atoms with Gasteiger partial charge in [0.25, 0.3) is 5.91 Å². The van der Waals surface area contributed by atoms with Crippen molar-refractivity contribution in [2.75, 3.05) is 25.4 Å². The minimum atomic E-state index is -3.60. The number of nitrogens with zero attached hydrogens (tertiary/aromatic N) is 1. The van der Waals surface area contributed by atoms with Crippen LogP contribution < -0.4 is 5.32 Å². The van der Waals surface area contributed by atoms with E-state index in [9.17, 15) is 13.2 Å². The first-order chi connectivity index (χ1) is 15.2. The van der Waals surface area contributed by atoms with Crippen LogP contribution in [0.2, 0.25) is 10.0 Å². The third-order valence-electron chi connectivity index (χ3n) is 5.62. The van der Waals surface area contributed by atoms with E-state index in [4.69, 9.17) is 23.2 Å². The van der Waals surface area contributed by atoms with Gasteiger partial charge in [-0.1, -0.05) is 42.3 Å². The van der Waals surface area contributed by atoms with Crippen molar-refractivity contribution in [3.63, 3.8) is 0 Å². The number of rotatable bonds is 8. The second-order valence-electron chi connectivity index (χ2n) is 8.12. The van der Waals surface area contributed by atoms with Gasteiger partial charge in [0.15, 0.2) is 0 Å². The summed E-state index contributed by atoms with van der Waals surface area (Å²) >= 11 is 13.6. The summed E-state index contributed by atoms with van der Waals surface area (Å²) in [6, 6.07) is 10.3. The molecule has 1 heterocycles. The fraction of sp³-hybridized carbons (Fsp3) is 0.435. The van der Waals surface area contributed by atoms with Crippen LogP contribution in [0.25, 0.3) is 0 Å². The standard InChI is InChI=1S/C23H28Cl2N2O3S2/c1-16-7-10-27(11-8-16)32(29,30)19-5-3-17(2)20(14-19)23(28)26-9-12-31-15-18-4-6-21(24)22(25)13-18/h3-6,13-14,16H,7-12,15H2,1-2H3,(H,26,28). The molecule has 0 unspecified atom stereocenters. The maximum atomic E-state index is 13.0. The van der Waals surface area contributed by atoms with Crippen molar-refractivity contribution in [1.82, 2.24) is 9.62 Å². The molecule has 2 aromatic carbocycles. The molecule has 9 heteroatoms. The van der Waals surface area contributed by atoms with Crippen LogP contribution in [0.15, 0.2) is 41.3 Å². The zero-order chi connectivity index (χ0) is 23.3. The quantitative estimate of drug-likeness (QED) is 0.479. The van der Waals surface area contributed by atoms with Crippen molar-refractivity contribution in [3.8, 4) is 0 Å². The largest absolute Gasteiger partial charge is 0.351 e. The molecule has 0 aliphatic carbocycles. The average molecular weight is 516 g/mol. The first-order valence-corrected chi connectivity index (χ1v) is 13.9. The summed E-state index contributed by atoms with van der Waals surface area (Å²) in [4.78, 5) is 12.9. The molecule has 0 spiro atoms. The molecule has 32 heavy (non-hydrogen) atoms. The monoisotopic (exact) mass is 514 g/mol. The molecule has 5 nitrogen and oxygen atoms in total. The summed E-state index contributed by atoms with van der Waals surface area (Å²) in [5.74, 6) is 1.75. The van der Waals surface area contributed by atoms with Gasteiger partial charge in [-0.15, -0.1) is 0 Å². The normalized spacial score (nSPS) is 15.6. The van der Waals surface area contributed by atoms with Gasteiger partial charge in [-0.3, -0.25) is 4.79 Å². The number of nitrogens with one attached hydrogen (secondary N) is 1. The molecule has 1 amide bonds. The molecule has 0 saturated carbocycles. The van der Waals surface area contributed by atoms with E-state index in [0.717, 1.165) is 35.5 Å². The van der Waals surface area contributed by atoms with Gasteiger partial charge in [0.1, 0.15) is 0 Å². The van der Waals surface area contributed by atoms with Gasteiger partial charge >= 0.3 is 0 Å². The molecule has 0 bridgehead atoms. The Morgan fingerprint density at radius 2 is 1.84 bits per heavy atom. The number of aryl methyl sites for hydroxylation is 1. The van der Waals surface area contributed by atoms with Gasteiger partial charge < -0.3 is 5.32 Å². The predicted octanol–water partition coefficient (Wildman–Crippen LogP) is 5.39. The van der Waals surface area contributed by atoms with Gasteiger partial charge in [-0.2, -0.15) is 16.1 Å². The lowest BCUT2D eigenvalue weighted by molar-refractivity contribution is 0.0955. The highest BCUT2D eigenvalue weighted by Crippen LogP contribution is 2.26. The Labute approximate surface area is 204 Å². The van der Waals surface area contributed by atoms with E-state index in [-0.39, 0.29) is 10.8 Å². The number of halogens is 2. The number of benzene rings is 2. The lowest BCUT2D eigenvalue weighted by Crippen LogP contribution is -2.38. The van der Waals surface area contributed by atoms with Crippen LogP contribution in [-0.4, -0.2) is 44.0 Å². The lowest BCUT2D eigenvalue weighted by atomic mass is 10.0. The molecule has 0 aromatic heterocycles. The smallest absolute Gasteiger partial charge is 0.251 e. The Kier molecular flexibility index (Phi) is 8.92. The van der Waals surface area contributed by atoms with Crippen LogP contribution in [0.5, 0.6) is 0 Å². The number of hydrogen-bond donors (Lipinski definition) is 1. The predicted molar refractivity (Wildman–Crippen MR) is 133 cm³/mol. The maximum Gasteiger partial charge on any atom is 0.251 e. The molecule has 0 atom stereocenters. The second-order valence-corrected chi connectivity index (χ2v) is 12.0. The molecule has 1 saturated heterocycles. The molecule has 1 N–H and O–H groups in total. The SMILES string of the molecule is Cc1ccc(S(=O)(=O)N2CCC(C)CC2)cc1C(=O)NCCSCc1ccc(Cl)c(Cl)c1. The van der Waals surface area contributed by atoms with Gasteiger partial charge in [-0.25, -0.2) is 8.42 Å². The minimum absolute atomic E-state index is 0.178. The van der Waals surface area contributed by atoms with Crippen molar-refractivity contribution >= 4 is 50.9 Å². The number of amides is 1. The van der Waals surface area contributed by atoms with Crippen molar-refractivity contribution in [2.24, 2.45) is 5.92 Å². The van der Waals surface area contributed by atoms with Crippen LogP contribution in [0.3, 0.4) is 0 Å². The summed E-state index contributed by atoms with van der Waals surface area (Å²) in [5, 5.41) is 3.95. The second kappa shape index (κ2) is 11.3. The third kappa shape index (κ3) is 6.41. The van der Waals surface area contributed by atoms with Crippen LogP contribution in [0.1, 0.15) is 41.3 Å². The zero-order valence-electron chi connectivity index (χ0n) is 18.2. The lowest BCUT2D eigenvalue weighted by Gasteiger charge is -2.29. The number of carbonyl (C=O) groups excluding carboxylic acids is 1. The highest BCUT2D eigenvalue weighted by molar-refractivity contribution is 7.98. The van der Waals surface area contributed by atoms with Crippen molar-refractivity contribution in [2.45, 2.75) is 37.3 Å². The summed E-state index contributed by atoms with van der Waals surface area (Å²) in [6.07, 6.45) is 1.72. The van der Waals surface area contributed by atoms with Gasteiger partial charge in [-0.05, 0) is 61.1 Å². The summed E-state index contributed by atoms with van der Waals surface area (Å²) in [6.45, 7) is 5.48. The highest BCUT2D eigenvalue weighted by Gasteiger charge is 2.28. The zero-order valence-corrected chi connectivity index (χ0v) is 21.4. The van der Waals surface area contributed by atoms with Crippen LogP contribution in [0.4, 0.5) is 0 Å². The first-order valence-electron chi connectivity index (χ1n) is 10.6. The molecule has 174 valence electrons. The molecule has 2 aromatic rings. The van der Waals surface area contributed by atoms with E-state index in [1.807, 2.05) is 19.1 Å². The topological polar surface area (TPSA) is 66.5 Å². The van der Waals surface area contributed by atoms with E-state index < -0.39 is 10.0 Å². The summed E-state index contributed by atoms with van der Waals surface area (Å²) < 4.78 is 27.6. The molecule has 1 aliphatic rings. The van der Waals surface area contributed by atoms with Gasteiger partial charge in [0, 0.05) is 36.7 Å². The first kappa shape index (κ1) is 25.4. The third-order valence-corrected chi connectivity index (χ3v) is 9.28. The molecule has 0 radical (unpaired) electrons. The average Bonchev–Trinajstić information content (AvgIpc) is 2.76. The van der Waals surface area contributed by atoms with E-state index in [1.165, 1.54) is 10.4 Å². The van der Waals surface area contributed by atoms with Crippen LogP contribution in [0, 0.1) is 12.8 Å². The molecular weight excluding hydrogens is 487 g/mol. The van der Waals surface area contributed by atoms with E-state index in [1.54, 1.807) is 30.0 Å². The fourth-order valence-corrected chi connectivity index (χ4v) is 6.16. The number of hydrogen-bond acceptors (Lipinski definition) is 4. The summed E-state index contributed by atoms with van der Waals surface area (Å²) in [7, 11) is -3.60. The Morgan fingerprint density at radius 3 is 2.53 bits per heavy atom. The van der Waals surface area contributed by atoms with Gasteiger partial charge in [0.2, 0.25) is 10.0 Å². The minimum Gasteiger partial charge on any atom is -0.351 e. The Morgan fingerprint density at radius 1 is 1.12 bits per heavy atom. The highest BCUT2D eigenvalue weighted by atomic mass is 35.5. The maximum absolute atomic E-state index is 13.0. The van der Waals surface area contributed by atoms with E-state index in [0.29, 0.717) is 41.2 Å². The van der Waals surface area contributed by atoms with E-state index >= 15 is 0 Å². The number of sulfonamides is 1. The van der Waals surface area contributed by atoms with E-state index in [2.05, 4.69) is 12.2 Å². The van der Waals surface area contributed by atoms with Gasteiger partial charge in [0.05, 0.1) is 14.9 Å². The molecule has 1 aliphatic heterocycles. The Bertz CT molecular complexity index is 1070. The van der Waals surface area contributed by atoms with Crippen molar-refractivity contribution in [3.05, 3.63) is 63.1 Å². The molecular formula is C23H28Cl2N2O3S2. The fourth-order valence-electron chi connectivity index (χ4n) is 3.53. The molecule has 3 rings (SSSR count). The number of carbonyl (C=O) groups is 1. The summed E-state index contributed by atoms with van der Waals surface area (Å²) in [5.41, 5.74) is 2.21. The molecule has 1 fully saturated rings. The van der Waals surface area contributed by atoms with Crippen LogP contribution >= 0.6 is 35.0 Å².